The Balaban J connectivity index is 1.85. The van der Waals surface area contributed by atoms with Gasteiger partial charge in [-0.2, -0.15) is 0 Å². The van der Waals surface area contributed by atoms with Crippen molar-refractivity contribution in [3.63, 3.8) is 0 Å². The van der Waals surface area contributed by atoms with Crippen LogP contribution in [0.3, 0.4) is 0 Å². The molecule has 3 aliphatic rings. The van der Waals surface area contributed by atoms with Gasteiger partial charge in [-0.1, -0.05) is 39.1 Å². The third kappa shape index (κ3) is 3.05. The molecule has 1 saturated heterocycles. The third-order valence-corrected chi connectivity index (χ3v) is 6.97. The average Bonchev–Trinajstić information content (AvgIpc) is 3.06. The number of benzene rings is 1. The maximum absolute atomic E-state index is 10.6. The zero-order valence-electron chi connectivity index (χ0n) is 18.4. The summed E-state index contributed by atoms with van der Waals surface area (Å²) in [7, 11) is 0. The van der Waals surface area contributed by atoms with E-state index >= 15 is 0 Å². The van der Waals surface area contributed by atoms with Crippen molar-refractivity contribution in [2.45, 2.75) is 65.9 Å². The summed E-state index contributed by atoms with van der Waals surface area (Å²) >= 11 is 0. The van der Waals surface area contributed by atoms with Crippen LogP contribution in [0.15, 0.2) is 65.1 Å². The van der Waals surface area contributed by atoms with Crippen LogP contribution >= 0.6 is 0 Å². The van der Waals surface area contributed by atoms with E-state index in [9.17, 15) is 5.11 Å². The smallest absolute Gasteiger partial charge is 0.0791 e. The van der Waals surface area contributed by atoms with E-state index in [1.807, 2.05) is 6.92 Å². The monoisotopic (exact) mass is 387 g/mol. The van der Waals surface area contributed by atoms with Crippen LogP contribution in [0.4, 0.5) is 0 Å². The Labute approximate surface area is 175 Å². The van der Waals surface area contributed by atoms with Crippen LogP contribution in [0.25, 0.3) is 5.57 Å². The molecule has 29 heavy (non-hydrogen) atoms. The van der Waals surface area contributed by atoms with Crippen LogP contribution in [0.1, 0.15) is 61.8 Å². The van der Waals surface area contributed by atoms with Crippen molar-refractivity contribution in [2.24, 2.45) is 0 Å². The molecule has 0 bridgehead atoms. The zero-order valence-corrected chi connectivity index (χ0v) is 18.4. The summed E-state index contributed by atoms with van der Waals surface area (Å²) in [4.78, 5) is 2.31. The second kappa shape index (κ2) is 7.50. The summed E-state index contributed by atoms with van der Waals surface area (Å²) in [6.45, 7) is 18.4. The Morgan fingerprint density at radius 1 is 1.07 bits per heavy atom. The number of aliphatic hydroxyl groups is 1. The summed E-state index contributed by atoms with van der Waals surface area (Å²) in [5.74, 6) is 0. The lowest BCUT2D eigenvalue weighted by atomic mass is 9.79. The molecule has 1 N–H and O–H groups in total. The molecule has 0 spiro atoms. The molecular formula is C27H33NO. The van der Waals surface area contributed by atoms with Gasteiger partial charge in [0.15, 0.2) is 0 Å². The standard InChI is InChI=1S/C27H33NO/c1-7-20-19(6)28-15-24(18(5)25(28)14-23(20)26(29)8-2)22-11-9-10-21-16(3)12-13-17(4)27(21)22/h12-14,26,29H,5-11,15H2,1-4H3/b24-22-. The van der Waals surface area contributed by atoms with Gasteiger partial charge < -0.3 is 10.0 Å². The summed E-state index contributed by atoms with van der Waals surface area (Å²) in [6, 6.07) is 4.52. The van der Waals surface area contributed by atoms with Crippen LogP contribution in [-0.2, 0) is 6.42 Å². The van der Waals surface area contributed by atoms with Crippen LogP contribution < -0.4 is 0 Å². The van der Waals surface area contributed by atoms with Gasteiger partial charge in [0.2, 0.25) is 0 Å². The van der Waals surface area contributed by atoms with Gasteiger partial charge in [-0.05, 0) is 102 Å². The first kappa shape index (κ1) is 20.0. The molecule has 1 fully saturated rings. The van der Waals surface area contributed by atoms with Gasteiger partial charge in [0, 0.05) is 17.9 Å². The van der Waals surface area contributed by atoms with Crippen molar-refractivity contribution in [1.82, 2.24) is 4.90 Å². The Morgan fingerprint density at radius 2 is 1.79 bits per heavy atom. The molecule has 1 aromatic rings. The van der Waals surface area contributed by atoms with Gasteiger partial charge in [0.25, 0.3) is 0 Å². The predicted octanol–water partition coefficient (Wildman–Crippen LogP) is 6.15. The summed E-state index contributed by atoms with van der Waals surface area (Å²) < 4.78 is 0. The molecular weight excluding hydrogens is 354 g/mol. The van der Waals surface area contributed by atoms with Gasteiger partial charge in [0.1, 0.15) is 0 Å². The van der Waals surface area contributed by atoms with Crippen molar-refractivity contribution in [1.29, 1.82) is 0 Å². The first-order valence-corrected chi connectivity index (χ1v) is 11.0. The summed E-state index contributed by atoms with van der Waals surface area (Å²) in [5, 5.41) is 10.6. The van der Waals surface area contributed by atoms with Crippen LogP contribution in [0.5, 0.6) is 0 Å². The quantitative estimate of drug-likeness (QED) is 0.672. The highest BCUT2D eigenvalue weighted by molar-refractivity contribution is 5.82. The number of allylic oxidation sites excluding steroid dienone is 3. The first-order valence-electron chi connectivity index (χ1n) is 11.0. The van der Waals surface area contributed by atoms with E-state index in [0.717, 1.165) is 41.9 Å². The van der Waals surface area contributed by atoms with E-state index in [0.29, 0.717) is 6.42 Å². The Kier molecular flexibility index (Phi) is 5.16. The van der Waals surface area contributed by atoms with Crippen molar-refractivity contribution in [3.05, 3.63) is 87.3 Å². The number of fused-ring (bicyclic) bond motifs is 2. The van der Waals surface area contributed by atoms with E-state index in [1.54, 1.807) is 0 Å². The van der Waals surface area contributed by atoms with E-state index < -0.39 is 6.10 Å². The lowest BCUT2D eigenvalue weighted by Crippen LogP contribution is -2.25. The summed E-state index contributed by atoms with van der Waals surface area (Å²) in [6.07, 6.45) is 6.79. The highest BCUT2D eigenvalue weighted by Gasteiger charge is 2.35. The van der Waals surface area contributed by atoms with Crippen molar-refractivity contribution < 1.29 is 5.11 Å². The van der Waals surface area contributed by atoms with Crippen molar-refractivity contribution in [3.8, 4) is 0 Å². The molecule has 0 saturated carbocycles. The molecule has 1 aliphatic carbocycles. The van der Waals surface area contributed by atoms with Gasteiger partial charge in [-0.25, -0.2) is 0 Å². The highest BCUT2D eigenvalue weighted by atomic mass is 16.3. The molecule has 0 amide bonds. The van der Waals surface area contributed by atoms with Crippen LogP contribution in [0.2, 0.25) is 0 Å². The molecule has 2 heteroatoms. The molecule has 1 unspecified atom stereocenters. The molecule has 2 heterocycles. The number of aryl methyl sites for hydroxylation is 2. The van der Waals surface area contributed by atoms with Crippen LogP contribution in [0, 0.1) is 13.8 Å². The van der Waals surface area contributed by atoms with Crippen LogP contribution in [-0.4, -0.2) is 22.7 Å². The molecule has 2 nitrogen and oxygen atoms in total. The van der Waals surface area contributed by atoms with E-state index in [2.05, 4.69) is 57.0 Å². The SMILES string of the molecule is C=C1C2=CC(C(O)CC)=C(CC)C(=C)N2C/C1=C1\CCCc2c(C)ccc(C)c21. The topological polar surface area (TPSA) is 23.5 Å². The van der Waals surface area contributed by atoms with Gasteiger partial charge >= 0.3 is 0 Å². The minimum atomic E-state index is -0.443. The summed E-state index contributed by atoms with van der Waals surface area (Å²) in [5.41, 5.74) is 14.0. The molecule has 2 aliphatic heterocycles. The fourth-order valence-corrected chi connectivity index (χ4v) is 5.31. The lowest BCUT2D eigenvalue weighted by Gasteiger charge is -2.31. The van der Waals surface area contributed by atoms with Gasteiger partial charge in [0.05, 0.1) is 6.10 Å². The Bertz CT molecular complexity index is 1000. The molecule has 0 aromatic heterocycles. The van der Waals surface area contributed by atoms with Gasteiger partial charge in [-0.3, -0.25) is 0 Å². The molecule has 1 aromatic carbocycles. The predicted molar refractivity (Wildman–Crippen MR) is 122 cm³/mol. The fourth-order valence-electron chi connectivity index (χ4n) is 5.31. The third-order valence-electron chi connectivity index (χ3n) is 6.97. The molecule has 152 valence electrons. The maximum Gasteiger partial charge on any atom is 0.0791 e. The number of aliphatic hydroxyl groups excluding tert-OH is 1. The number of nitrogens with zero attached hydrogens (tertiary/aromatic N) is 1. The average molecular weight is 388 g/mol. The highest BCUT2D eigenvalue weighted by Crippen LogP contribution is 2.47. The fraction of sp³-hybridized carbons (Fsp3) is 0.407. The van der Waals surface area contributed by atoms with Crippen molar-refractivity contribution in [2.75, 3.05) is 6.54 Å². The van der Waals surface area contributed by atoms with E-state index in [-0.39, 0.29) is 0 Å². The number of rotatable bonds is 3. The number of hydrogen-bond acceptors (Lipinski definition) is 2. The largest absolute Gasteiger partial charge is 0.388 e. The first-order chi connectivity index (χ1) is 13.9. The van der Waals surface area contributed by atoms with E-state index in [1.165, 1.54) is 51.8 Å². The second-order valence-electron chi connectivity index (χ2n) is 8.62. The normalized spacial score (nSPS) is 22.7. The molecule has 4 rings (SSSR count). The Morgan fingerprint density at radius 3 is 2.48 bits per heavy atom. The Hall–Kier alpha value is -2.32. The minimum absolute atomic E-state index is 0.443. The second-order valence-corrected chi connectivity index (χ2v) is 8.62. The van der Waals surface area contributed by atoms with Crippen molar-refractivity contribution >= 4 is 5.57 Å². The number of hydrogen-bond donors (Lipinski definition) is 1. The maximum atomic E-state index is 10.6. The lowest BCUT2D eigenvalue weighted by molar-refractivity contribution is 0.207. The van der Waals surface area contributed by atoms with Gasteiger partial charge in [-0.15, -0.1) is 0 Å². The molecule has 0 radical (unpaired) electrons. The zero-order chi connectivity index (χ0) is 20.9. The molecule has 1 atom stereocenters. The van der Waals surface area contributed by atoms with E-state index in [4.69, 9.17) is 0 Å². The minimum Gasteiger partial charge on any atom is -0.388 e.